The zero-order valence-corrected chi connectivity index (χ0v) is 15.9. The summed E-state index contributed by atoms with van der Waals surface area (Å²) < 4.78 is 37.6. The molecule has 0 unspecified atom stereocenters. The van der Waals surface area contributed by atoms with E-state index in [2.05, 4.69) is 10.2 Å². The molecular formula is C18H26ClF3N2S. The van der Waals surface area contributed by atoms with Crippen molar-refractivity contribution >= 4 is 24.2 Å². The number of rotatable bonds is 4. The highest BCUT2D eigenvalue weighted by atomic mass is 35.5. The Morgan fingerprint density at radius 3 is 2.16 bits per heavy atom. The van der Waals surface area contributed by atoms with E-state index in [-0.39, 0.29) is 29.1 Å². The van der Waals surface area contributed by atoms with E-state index in [0.29, 0.717) is 12.0 Å². The first kappa shape index (κ1) is 20.9. The molecule has 1 N–H and O–H groups in total. The van der Waals surface area contributed by atoms with Crippen LogP contribution < -0.4 is 5.32 Å². The van der Waals surface area contributed by atoms with Crippen molar-refractivity contribution in [3.63, 3.8) is 0 Å². The number of alkyl halides is 3. The molecule has 1 atom stereocenters. The van der Waals surface area contributed by atoms with Gasteiger partial charge >= 0.3 is 5.51 Å². The summed E-state index contributed by atoms with van der Waals surface area (Å²) in [6.45, 7) is 4.01. The lowest BCUT2D eigenvalue weighted by molar-refractivity contribution is -0.0328. The van der Waals surface area contributed by atoms with Crippen LogP contribution in [-0.2, 0) is 0 Å². The zero-order chi connectivity index (χ0) is 17.0. The number of hydrogen-bond acceptors (Lipinski definition) is 3. The van der Waals surface area contributed by atoms with Crippen LogP contribution in [0.2, 0.25) is 0 Å². The van der Waals surface area contributed by atoms with E-state index in [9.17, 15) is 13.2 Å². The third-order valence-corrected chi connectivity index (χ3v) is 5.84. The van der Waals surface area contributed by atoms with Crippen molar-refractivity contribution in [3.05, 3.63) is 29.8 Å². The van der Waals surface area contributed by atoms with Crippen molar-refractivity contribution in [3.8, 4) is 0 Å². The highest BCUT2D eigenvalue weighted by Gasteiger charge is 2.32. The Morgan fingerprint density at radius 1 is 1.00 bits per heavy atom. The van der Waals surface area contributed by atoms with E-state index < -0.39 is 5.51 Å². The molecule has 1 aliphatic carbocycles. The van der Waals surface area contributed by atoms with Crippen LogP contribution in [0.5, 0.6) is 0 Å². The number of halogens is 4. The Bertz CT molecular complexity index is 494. The first-order valence-electron chi connectivity index (χ1n) is 8.83. The lowest BCUT2D eigenvalue weighted by atomic mass is 9.80. The van der Waals surface area contributed by atoms with Gasteiger partial charge in [-0.25, -0.2) is 0 Å². The highest BCUT2D eigenvalue weighted by Crippen LogP contribution is 2.41. The second-order valence-corrected chi connectivity index (χ2v) is 7.88. The van der Waals surface area contributed by atoms with Crippen molar-refractivity contribution in [2.24, 2.45) is 5.92 Å². The van der Waals surface area contributed by atoms with Gasteiger partial charge in [0, 0.05) is 37.1 Å². The maximum absolute atomic E-state index is 12.5. The minimum absolute atomic E-state index is 0. The fraction of sp³-hybridized carbons (Fsp3) is 0.667. The first-order valence-corrected chi connectivity index (χ1v) is 9.65. The van der Waals surface area contributed by atoms with Gasteiger partial charge in [0.2, 0.25) is 0 Å². The highest BCUT2D eigenvalue weighted by molar-refractivity contribution is 8.00. The number of thioether (sulfide) groups is 1. The van der Waals surface area contributed by atoms with E-state index in [4.69, 9.17) is 0 Å². The molecule has 1 saturated heterocycles. The normalized spacial score (nSPS) is 21.6. The predicted molar refractivity (Wildman–Crippen MR) is 99.4 cm³/mol. The minimum Gasteiger partial charge on any atom is -0.314 e. The lowest BCUT2D eigenvalue weighted by Gasteiger charge is -2.41. The summed E-state index contributed by atoms with van der Waals surface area (Å²) in [4.78, 5) is 2.80. The van der Waals surface area contributed by atoms with E-state index in [1.807, 2.05) is 12.1 Å². The SMILES string of the molecule is Cl.FC(F)(F)Sc1ccc([C@H](C2CCCCC2)N2CCNCC2)cc1. The molecule has 142 valence electrons. The number of nitrogens with one attached hydrogen (secondary N) is 1. The number of piperazine rings is 1. The van der Waals surface area contributed by atoms with Crippen LogP contribution in [0.25, 0.3) is 0 Å². The lowest BCUT2D eigenvalue weighted by Crippen LogP contribution is -2.47. The van der Waals surface area contributed by atoms with Gasteiger partial charge in [-0.05, 0) is 48.2 Å². The molecular weight excluding hydrogens is 369 g/mol. The molecule has 3 rings (SSSR count). The van der Waals surface area contributed by atoms with Crippen LogP contribution in [-0.4, -0.2) is 36.6 Å². The van der Waals surface area contributed by atoms with Crippen LogP contribution in [0, 0.1) is 5.92 Å². The fourth-order valence-electron chi connectivity index (χ4n) is 4.06. The first-order chi connectivity index (χ1) is 11.5. The van der Waals surface area contributed by atoms with Gasteiger partial charge in [0.05, 0.1) is 0 Å². The molecule has 0 aromatic heterocycles. The second-order valence-electron chi connectivity index (χ2n) is 6.75. The van der Waals surface area contributed by atoms with Crippen LogP contribution in [0.15, 0.2) is 29.2 Å². The molecule has 1 saturated carbocycles. The van der Waals surface area contributed by atoms with Gasteiger partial charge in [-0.15, -0.1) is 12.4 Å². The van der Waals surface area contributed by atoms with E-state index in [1.165, 1.54) is 37.7 Å². The summed E-state index contributed by atoms with van der Waals surface area (Å²) in [6.07, 6.45) is 6.32. The van der Waals surface area contributed by atoms with Crippen LogP contribution in [0.4, 0.5) is 13.2 Å². The minimum atomic E-state index is -4.22. The molecule has 0 radical (unpaired) electrons. The van der Waals surface area contributed by atoms with Crippen molar-refractivity contribution in [1.82, 2.24) is 10.2 Å². The molecule has 1 aromatic rings. The Kier molecular flexibility index (Phi) is 7.92. The molecule has 25 heavy (non-hydrogen) atoms. The summed E-state index contributed by atoms with van der Waals surface area (Å²) >= 11 is -0.0313. The van der Waals surface area contributed by atoms with Crippen LogP contribution in [0.3, 0.4) is 0 Å². The molecule has 1 aromatic carbocycles. The Morgan fingerprint density at radius 2 is 1.60 bits per heavy atom. The van der Waals surface area contributed by atoms with Gasteiger partial charge in [-0.2, -0.15) is 13.2 Å². The average molecular weight is 395 g/mol. The number of nitrogens with zero attached hydrogens (tertiary/aromatic N) is 1. The summed E-state index contributed by atoms with van der Waals surface area (Å²) in [6, 6.07) is 7.43. The summed E-state index contributed by atoms with van der Waals surface area (Å²) in [5, 5.41) is 3.39. The second kappa shape index (κ2) is 9.49. The van der Waals surface area contributed by atoms with Crippen molar-refractivity contribution < 1.29 is 13.2 Å². The van der Waals surface area contributed by atoms with Gasteiger partial charge in [0.1, 0.15) is 0 Å². The van der Waals surface area contributed by atoms with E-state index in [0.717, 1.165) is 26.2 Å². The summed E-state index contributed by atoms with van der Waals surface area (Å²) in [5.74, 6) is 0.623. The van der Waals surface area contributed by atoms with Crippen molar-refractivity contribution in [2.75, 3.05) is 26.2 Å². The maximum Gasteiger partial charge on any atom is 0.446 e. The topological polar surface area (TPSA) is 15.3 Å². The van der Waals surface area contributed by atoms with Crippen LogP contribution >= 0.6 is 24.2 Å². The van der Waals surface area contributed by atoms with Gasteiger partial charge < -0.3 is 5.32 Å². The predicted octanol–water partition coefficient (Wildman–Crippen LogP) is 5.25. The van der Waals surface area contributed by atoms with E-state index >= 15 is 0 Å². The molecule has 1 heterocycles. The third-order valence-electron chi connectivity index (χ3n) is 5.10. The smallest absolute Gasteiger partial charge is 0.314 e. The molecule has 1 aliphatic heterocycles. The summed E-state index contributed by atoms with van der Waals surface area (Å²) in [7, 11) is 0. The van der Waals surface area contributed by atoms with Gasteiger partial charge in [0.15, 0.2) is 0 Å². The van der Waals surface area contributed by atoms with Gasteiger partial charge in [-0.3, -0.25) is 4.90 Å². The van der Waals surface area contributed by atoms with E-state index in [1.54, 1.807) is 12.1 Å². The average Bonchev–Trinajstić information content (AvgIpc) is 2.57. The molecule has 2 aliphatic rings. The Balaban J connectivity index is 0.00000225. The van der Waals surface area contributed by atoms with Gasteiger partial charge in [0.25, 0.3) is 0 Å². The van der Waals surface area contributed by atoms with Crippen LogP contribution in [0.1, 0.15) is 43.7 Å². The zero-order valence-electron chi connectivity index (χ0n) is 14.2. The molecule has 0 bridgehead atoms. The Hall–Kier alpha value is -0.430. The fourth-order valence-corrected chi connectivity index (χ4v) is 4.60. The van der Waals surface area contributed by atoms with Gasteiger partial charge in [-0.1, -0.05) is 31.4 Å². The number of hydrogen-bond donors (Lipinski definition) is 1. The molecule has 2 fully saturated rings. The quantitative estimate of drug-likeness (QED) is 0.702. The monoisotopic (exact) mass is 394 g/mol. The number of benzene rings is 1. The molecule has 7 heteroatoms. The molecule has 0 spiro atoms. The maximum atomic E-state index is 12.5. The third kappa shape index (κ3) is 6.05. The van der Waals surface area contributed by atoms with Crippen molar-refractivity contribution in [1.29, 1.82) is 0 Å². The molecule has 2 nitrogen and oxygen atoms in total. The van der Waals surface area contributed by atoms with Crippen molar-refractivity contribution in [2.45, 2.75) is 48.5 Å². The molecule has 0 amide bonds. The standard InChI is InChI=1S/C18H25F3N2S.ClH/c19-18(20,21)24-16-8-6-15(7-9-16)17(14-4-2-1-3-5-14)23-12-10-22-11-13-23;/h6-9,14,17,22H,1-5,10-13H2;1H/t17-;/m0./s1. The summed E-state index contributed by atoms with van der Waals surface area (Å²) in [5.41, 5.74) is -3.04. The largest absolute Gasteiger partial charge is 0.446 e. The Labute approximate surface area is 158 Å².